The average Bonchev–Trinajstić information content (AvgIpc) is 2.41. The molecular weight excluding hydrogens is 258 g/mol. The molecule has 0 aliphatic heterocycles. The largest absolute Gasteiger partial charge is 0.480 e. The highest BCUT2D eigenvalue weighted by Gasteiger charge is 2.06. The van der Waals surface area contributed by atoms with Gasteiger partial charge in [-0.2, -0.15) is 12.6 Å². The second kappa shape index (κ2) is 17.8. The fourth-order valence-electron chi connectivity index (χ4n) is 1.64. The van der Waals surface area contributed by atoms with Crippen LogP contribution in [0.1, 0.15) is 78.1 Å². The van der Waals surface area contributed by atoms with E-state index in [1.54, 1.807) is 0 Å². The Bertz CT molecular complexity index is 179. The lowest BCUT2D eigenvalue weighted by Crippen LogP contribution is -2.31. The number of carboxylic acid groups (broad SMARTS) is 1. The molecule has 0 amide bonds. The van der Waals surface area contributed by atoms with Crippen molar-refractivity contribution in [1.29, 1.82) is 0 Å². The monoisotopic (exact) mass is 291 g/mol. The minimum Gasteiger partial charge on any atom is -0.480 e. The third-order valence-corrected chi connectivity index (χ3v) is 3.36. The Labute approximate surface area is 124 Å². The lowest BCUT2D eigenvalue weighted by atomic mass is 10.1. The molecule has 0 radical (unpaired) electrons. The molecule has 1 unspecified atom stereocenters. The summed E-state index contributed by atoms with van der Waals surface area (Å²) in [5.74, 6) is -0.815. The maximum atomic E-state index is 9.76. The van der Waals surface area contributed by atoms with E-state index in [-0.39, 0.29) is 5.75 Å². The molecule has 3 N–H and O–H groups in total. The first kappa shape index (κ1) is 21.1. The molecule has 3 nitrogen and oxygen atoms in total. The molecule has 4 heteroatoms. The van der Waals surface area contributed by atoms with Crippen LogP contribution < -0.4 is 5.73 Å². The highest BCUT2D eigenvalue weighted by atomic mass is 32.1. The molecule has 1 atom stereocenters. The first-order valence-corrected chi connectivity index (χ1v) is 8.32. The maximum absolute atomic E-state index is 9.76. The number of aliphatic carboxylic acids is 1. The topological polar surface area (TPSA) is 63.3 Å². The highest BCUT2D eigenvalue weighted by Crippen LogP contribution is 2.09. The molecule has 0 rings (SSSR count). The Kier molecular flexibility index (Phi) is 19.7. The quantitative estimate of drug-likeness (QED) is 0.394. The van der Waals surface area contributed by atoms with Crippen LogP contribution in [0, 0.1) is 0 Å². The molecule has 0 saturated carbocycles. The summed E-state index contributed by atoms with van der Waals surface area (Å²) in [7, 11) is 0. The molecular formula is C15H33NO2S. The predicted molar refractivity (Wildman–Crippen MR) is 87.0 cm³/mol. The van der Waals surface area contributed by atoms with E-state index in [4.69, 9.17) is 10.8 Å². The molecule has 0 saturated heterocycles. The SMILES string of the molecule is CCCCCCCCCCCC.NC(CS)C(=O)O. The first-order valence-electron chi connectivity index (χ1n) is 7.69. The third kappa shape index (κ3) is 20.3. The average molecular weight is 292 g/mol. The Hall–Kier alpha value is -0.220. The predicted octanol–water partition coefficient (Wildman–Crippen LogP) is 4.26. The molecule has 19 heavy (non-hydrogen) atoms. The van der Waals surface area contributed by atoms with Crippen LogP contribution in [-0.4, -0.2) is 22.9 Å². The summed E-state index contributed by atoms with van der Waals surface area (Å²) >= 11 is 3.65. The van der Waals surface area contributed by atoms with Gasteiger partial charge in [-0.1, -0.05) is 78.1 Å². The van der Waals surface area contributed by atoms with E-state index in [1.165, 1.54) is 64.2 Å². The van der Waals surface area contributed by atoms with Crippen LogP contribution in [0.5, 0.6) is 0 Å². The van der Waals surface area contributed by atoms with E-state index in [1.807, 2.05) is 0 Å². The van der Waals surface area contributed by atoms with E-state index < -0.39 is 12.0 Å². The van der Waals surface area contributed by atoms with Gasteiger partial charge < -0.3 is 10.8 Å². The van der Waals surface area contributed by atoms with Crippen LogP contribution in [0.2, 0.25) is 0 Å². The Morgan fingerprint density at radius 1 is 0.947 bits per heavy atom. The Balaban J connectivity index is 0. The van der Waals surface area contributed by atoms with Crippen LogP contribution in [0.25, 0.3) is 0 Å². The maximum Gasteiger partial charge on any atom is 0.321 e. The van der Waals surface area contributed by atoms with Crippen molar-refractivity contribution in [3.8, 4) is 0 Å². The van der Waals surface area contributed by atoms with Gasteiger partial charge in [0.25, 0.3) is 0 Å². The third-order valence-electron chi connectivity index (χ3n) is 2.97. The number of hydrogen-bond acceptors (Lipinski definition) is 3. The van der Waals surface area contributed by atoms with Gasteiger partial charge >= 0.3 is 5.97 Å². The minimum atomic E-state index is -1.00. The molecule has 0 aromatic heterocycles. The van der Waals surface area contributed by atoms with Gasteiger partial charge in [-0.15, -0.1) is 0 Å². The zero-order valence-corrected chi connectivity index (χ0v) is 13.6. The number of unbranched alkanes of at least 4 members (excludes halogenated alkanes) is 9. The summed E-state index contributed by atoms with van der Waals surface area (Å²) in [5.41, 5.74) is 4.94. The molecule has 0 aliphatic rings. The van der Waals surface area contributed by atoms with Crippen molar-refractivity contribution in [2.75, 3.05) is 5.75 Å². The second-order valence-electron chi connectivity index (χ2n) is 4.96. The lowest BCUT2D eigenvalue weighted by Gasteiger charge is -1.99. The van der Waals surface area contributed by atoms with Crippen molar-refractivity contribution < 1.29 is 9.90 Å². The fraction of sp³-hybridized carbons (Fsp3) is 0.933. The molecule has 116 valence electrons. The Morgan fingerprint density at radius 2 is 1.26 bits per heavy atom. The number of hydrogen-bond donors (Lipinski definition) is 3. The minimum absolute atomic E-state index is 0.190. The number of nitrogens with two attached hydrogens (primary N) is 1. The van der Waals surface area contributed by atoms with Crippen LogP contribution in [0.4, 0.5) is 0 Å². The molecule has 0 aromatic rings. The number of carboxylic acids is 1. The molecule has 0 heterocycles. The lowest BCUT2D eigenvalue weighted by molar-refractivity contribution is -0.137. The molecule has 0 bridgehead atoms. The second-order valence-corrected chi connectivity index (χ2v) is 5.32. The molecule has 0 fully saturated rings. The van der Waals surface area contributed by atoms with Crippen molar-refractivity contribution >= 4 is 18.6 Å². The Morgan fingerprint density at radius 3 is 1.42 bits per heavy atom. The standard InChI is InChI=1S/C12H26.C3H7NO2S/c1-3-5-7-9-11-12-10-8-6-4-2;4-2(1-7)3(5)6/h3-12H2,1-2H3;2,7H,1,4H2,(H,5,6). The van der Waals surface area contributed by atoms with E-state index in [2.05, 4.69) is 26.5 Å². The summed E-state index contributed by atoms with van der Waals surface area (Å²) in [6.45, 7) is 4.56. The van der Waals surface area contributed by atoms with Crippen molar-refractivity contribution in [3.05, 3.63) is 0 Å². The van der Waals surface area contributed by atoms with Gasteiger partial charge in [0.2, 0.25) is 0 Å². The van der Waals surface area contributed by atoms with Crippen molar-refractivity contribution in [1.82, 2.24) is 0 Å². The summed E-state index contributed by atoms with van der Waals surface area (Å²) in [6.07, 6.45) is 14.4. The van der Waals surface area contributed by atoms with Gasteiger partial charge in [0.15, 0.2) is 0 Å². The molecule has 0 spiro atoms. The van der Waals surface area contributed by atoms with E-state index in [0.717, 1.165) is 0 Å². The number of thiol groups is 1. The number of rotatable bonds is 11. The van der Waals surface area contributed by atoms with Gasteiger partial charge in [-0.3, -0.25) is 4.79 Å². The van der Waals surface area contributed by atoms with Crippen molar-refractivity contribution in [2.45, 2.75) is 84.1 Å². The van der Waals surface area contributed by atoms with E-state index in [0.29, 0.717) is 0 Å². The van der Waals surface area contributed by atoms with Crippen LogP contribution in [-0.2, 0) is 4.79 Å². The smallest absolute Gasteiger partial charge is 0.321 e. The zero-order chi connectivity index (χ0) is 14.9. The summed E-state index contributed by atoms with van der Waals surface area (Å²) in [6, 6.07) is -0.816. The van der Waals surface area contributed by atoms with Crippen LogP contribution in [0.15, 0.2) is 0 Å². The van der Waals surface area contributed by atoms with Gasteiger partial charge in [-0.25, -0.2) is 0 Å². The van der Waals surface area contributed by atoms with Gasteiger partial charge in [-0.05, 0) is 0 Å². The van der Waals surface area contributed by atoms with Crippen LogP contribution in [0.3, 0.4) is 0 Å². The summed E-state index contributed by atoms with van der Waals surface area (Å²) in [4.78, 5) is 9.76. The molecule has 0 aliphatic carbocycles. The van der Waals surface area contributed by atoms with Crippen LogP contribution >= 0.6 is 12.6 Å². The van der Waals surface area contributed by atoms with Crippen molar-refractivity contribution in [3.63, 3.8) is 0 Å². The van der Waals surface area contributed by atoms with E-state index >= 15 is 0 Å². The highest BCUT2D eigenvalue weighted by molar-refractivity contribution is 7.80. The van der Waals surface area contributed by atoms with Gasteiger partial charge in [0, 0.05) is 5.75 Å². The normalized spacial score (nSPS) is 11.6. The van der Waals surface area contributed by atoms with E-state index in [9.17, 15) is 4.79 Å². The summed E-state index contributed by atoms with van der Waals surface area (Å²) < 4.78 is 0. The first-order chi connectivity index (χ1) is 9.09. The fourth-order valence-corrected chi connectivity index (χ4v) is 1.79. The zero-order valence-electron chi connectivity index (χ0n) is 12.7. The van der Waals surface area contributed by atoms with Gasteiger partial charge in [0.1, 0.15) is 6.04 Å². The molecule has 0 aromatic carbocycles. The number of carbonyl (C=O) groups is 1. The van der Waals surface area contributed by atoms with Crippen molar-refractivity contribution in [2.24, 2.45) is 5.73 Å². The summed E-state index contributed by atoms with van der Waals surface area (Å²) in [5, 5.41) is 8.01. The van der Waals surface area contributed by atoms with Gasteiger partial charge in [0.05, 0.1) is 0 Å².